The summed E-state index contributed by atoms with van der Waals surface area (Å²) in [7, 11) is 0. The summed E-state index contributed by atoms with van der Waals surface area (Å²) in [5, 5.41) is 0.961. The second-order valence-corrected chi connectivity index (χ2v) is 5.21. The normalized spacial score (nSPS) is 14.2. The molecule has 5 nitrogen and oxygen atoms in total. The number of benzene rings is 1. The average molecular weight is 349 g/mol. The highest BCUT2D eigenvalue weighted by Crippen LogP contribution is 2.32. The number of hydroxylamine groups is 2. The van der Waals surface area contributed by atoms with E-state index in [1.165, 1.54) is 0 Å². The molecule has 2 heterocycles. The maximum atomic E-state index is 12.8. The SMILES string of the molecule is Cc1ccc(Oc2ccccc2)c(ON2C=C(C(F)(F)F)C=NC2)n1. The highest BCUT2D eigenvalue weighted by molar-refractivity contribution is 5.80. The maximum Gasteiger partial charge on any atom is 0.419 e. The number of alkyl halides is 3. The van der Waals surface area contributed by atoms with Crippen LogP contribution in [0.15, 0.2) is 59.2 Å². The summed E-state index contributed by atoms with van der Waals surface area (Å²) in [4.78, 5) is 13.3. The first-order chi connectivity index (χ1) is 11.9. The largest absolute Gasteiger partial charge is 0.452 e. The highest BCUT2D eigenvalue weighted by atomic mass is 19.4. The monoisotopic (exact) mass is 349 g/mol. The van der Waals surface area contributed by atoms with Gasteiger partial charge < -0.3 is 9.57 Å². The molecule has 0 amide bonds. The van der Waals surface area contributed by atoms with Crippen LogP contribution in [0.5, 0.6) is 17.4 Å². The van der Waals surface area contributed by atoms with E-state index in [0.717, 1.165) is 17.5 Å². The Morgan fingerprint density at radius 2 is 1.84 bits per heavy atom. The molecule has 0 N–H and O–H groups in total. The van der Waals surface area contributed by atoms with Crippen molar-refractivity contribution in [3.8, 4) is 17.4 Å². The number of hydrogen-bond donors (Lipinski definition) is 0. The minimum Gasteiger partial charge on any atom is -0.452 e. The number of aryl methyl sites for hydroxylation is 1. The van der Waals surface area contributed by atoms with Crippen molar-refractivity contribution in [2.75, 3.05) is 6.67 Å². The quantitative estimate of drug-likeness (QED) is 0.827. The Bertz CT molecular complexity index is 805. The van der Waals surface area contributed by atoms with E-state index in [-0.39, 0.29) is 18.3 Å². The van der Waals surface area contributed by atoms with Crippen molar-refractivity contribution in [3.63, 3.8) is 0 Å². The van der Waals surface area contributed by atoms with E-state index >= 15 is 0 Å². The third-order valence-electron chi connectivity index (χ3n) is 3.20. The van der Waals surface area contributed by atoms with Gasteiger partial charge in [0.25, 0.3) is 5.88 Å². The number of nitrogens with zero attached hydrogens (tertiary/aromatic N) is 3. The third kappa shape index (κ3) is 4.28. The minimum atomic E-state index is -4.51. The molecular formula is C17H14F3N3O2. The first kappa shape index (κ1) is 16.8. The van der Waals surface area contributed by atoms with Crippen LogP contribution in [0.3, 0.4) is 0 Å². The number of aliphatic imine (C=N–C) groups is 1. The Labute approximate surface area is 142 Å². The zero-order valence-corrected chi connectivity index (χ0v) is 13.2. The molecule has 0 saturated carbocycles. The Morgan fingerprint density at radius 1 is 1.08 bits per heavy atom. The summed E-state index contributed by atoms with van der Waals surface area (Å²) in [6, 6.07) is 12.3. The van der Waals surface area contributed by atoms with Crippen LogP contribution >= 0.6 is 0 Å². The smallest absolute Gasteiger partial charge is 0.419 e. The summed E-state index contributed by atoms with van der Waals surface area (Å²) in [5.74, 6) is 0.897. The molecule has 3 rings (SSSR count). The molecule has 25 heavy (non-hydrogen) atoms. The first-order valence-electron chi connectivity index (χ1n) is 7.36. The zero-order chi connectivity index (χ0) is 17.9. The van der Waals surface area contributed by atoms with Crippen molar-refractivity contribution in [1.29, 1.82) is 0 Å². The Morgan fingerprint density at radius 3 is 2.56 bits per heavy atom. The van der Waals surface area contributed by atoms with Gasteiger partial charge in [0.1, 0.15) is 12.4 Å². The van der Waals surface area contributed by atoms with Crippen LogP contribution in [0.25, 0.3) is 0 Å². The number of aromatic nitrogens is 1. The van der Waals surface area contributed by atoms with Crippen LogP contribution in [-0.2, 0) is 0 Å². The lowest BCUT2D eigenvalue weighted by Crippen LogP contribution is -2.29. The molecule has 0 bridgehead atoms. The van der Waals surface area contributed by atoms with Crippen LogP contribution in [0, 0.1) is 6.92 Å². The molecule has 1 aromatic carbocycles. The van der Waals surface area contributed by atoms with Crippen molar-refractivity contribution in [3.05, 3.63) is 59.9 Å². The fourth-order valence-corrected chi connectivity index (χ4v) is 2.04. The van der Waals surface area contributed by atoms with Gasteiger partial charge in [-0.05, 0) is 31.2 Å². The molecule has 130 valence electrons. The predicted octanol–water partition coefficient (Wildman–Crippen LogP) is 4.27. The molecule has 8 heteroatoms. The molecule has 0 radical (unpaired) electrons. The van der Waals surface area contributed by atoms with Crippen LogP contribution in [0.4, 0.5) is 13.2 Å². The van der Waals surface area contributed by atoms with Gasteiger partial charge in [-0.2, -0.15) is 18.2 Å². The van der Waals surface area contributed by atoms with E-state index in [1.807, 2.05) is 6.07 Å². The van der Waals surface area contributed by atoms with E-state index in [1.54, 1.807) is 43.3 Å². The highest BCUT2D eigenvalue weighted by Gasteiger charge is 2.34. The van der Waals surface area contributed by atoms with Crippen LogP contribution in [-0.4, -0.2) is 29.1 Å². The van der Waals surface area contributed by atoms with Gasteiger partial charge in [0.05, 0.1) is 11.8 Å². The summed E-state index contributed by atoms with van der Waals surface area (Å²) in [5.41, 5.74) is -0.270. The second kappa shape index (κ2) is 6.84. The van der Waals surface area contributed by atoms with Crippen molar-refractivity contribution >= 4 is 6.21 Å². The van der Waals surface area contributed by atoms with E-state index < -0.39 is 11.7 Å². The van der Waals surface area contributed by atoms with Gasteiger partial charge >= 0.3 is 6.18 Å². The zero-order valence-electron chi connectivity index (χ0n) is 13.2. The summed E-state index contributed by atoms with van der Waals surface area (Å²) in [6.07, 6.45) is -2.90. The van der Waals surface area contributed by atoms with Gasteiger partial charge in [0.15, 0.2) is 5.75 Å². The second-order valence-electron chi connectivity index (χ2n) is 5.21. The van der Waals surface area contributed by atoms with Crippen LogP contribution in [0.2, 0.25) is 0 Å². The molecule has 0 saturated heterocycles. The van der Waals surface area contributed by atoms with E-state index in [9.17, 15) is 13.2 Å². The summed E-state index contributed by atoms with van der Waals surface area (Å²) >= 11 is 0. The van der Waals surface area contributed by atoms with Gasteiger partial charge in [-0.1, -0.05) is 18.2 Å². The Kier molecular flexibility index (Phi) is 4.60. The van der Waals surface area contributed by atoms with Crippen LogP contribution < -0.4 is 9.57 Å². The molecule has 0 spiro atoms. The number of ether oxygens (including phenoxy) is 1. The first-order valence-corrected chi connectivity index (χ1v) is 7.36. The lowest BCUT2D eigenvalue weighted by Gasteiger charge is -2.23. The minimum absolute atomic E-state index is 0.0544. The molecule has 1 aliphatic rings. The number of hydrogen-bond acceptors (Lipinski definition) is 5. The molecular weight excluding hydrogens is 335 g/mol. The van der Waals surface area contributed by atoms with Gasteiger partial charge in [-0.3, -0.25) is 4.99 Å². The molecule has 1 aromatic heterocycles. The fraction of sp³-hybridized carbons (Fsp3) is 0.176. The van der Waals surface area contributed by atoms with Crippen molar-refractivity contribution in [1.82, 2.24) is 10.0 Å². The standard InChI is InChI=1S/C17H14F3N3O2/c1-12-7-8-15(24-14-5-3-2-4-6-14)16(22-12)25-23-10-13(9-21-11-23)17(18,19)20/h2-10H,11H2,1H3. The lowest BCUT2D eigenvalue weighted by atomic mass is 10.3. The molecule has 1 aliphatic heterocycles. The number of allylic oxidation sites excluding steroid dienone is 1. The average Bonchev–Trinajstić information content (AvgIpc) is 2.58. The fourth-order valence-electron chi connectivity index (χ4n) is 2.04. The number of halogens is 3. The topological polar surface area (TPSA) is 47.0 Å². The Hall–Kier alpha value is -3.03. The van der Waals surface area contributed by atoms with Crippen LogP contribution in [0.1, 0.15) is 5.69 Å². The van der Waals surface area contributed by atoms with Gasteiger partial charge in [-0.25, -0.2) is 4.98 Å². The van der Waals surface area contributed by atoms with Crippen molar-refractivity contribution in [2.45, 2.75) is 13.1 Å². The van der Waals surface area contributed by atoms with E-state index in [4.69, 9.17) is 9.57 Å². The molecule has 0 unspecified atom stereocenters. The number of para-hydroxylation sites is 1. The molecule has 2 aromatic rings. The van der Waals surface area contributed by atoms with Crippen molar-refractivity contribution < 1.29 is 22.7 Å². The molecule has 0 atom stereocenters. The predicted molar refractivity (Wildman–Crippen MR) is 85.5 cm³/mol. The summed E-state index contributed by atoms with van der Waals surface area (Å²) in [6.45, 7) is 1.66. The molecule has 0 fully saturated rings. The van der Waals surface area contributed by atoms with Gasteiger partial charge in [0.2, 0.25) is 0 Å². The number of rotatable bonds is 4. The van der Waals surface area contributed by atoms with Gasteiger partial charge in [-0.15, -0.1) is 0 Å². The summed E-state index contributed by atoms with van der Waals surface area (Å²) < 4.78 is 44.1. The molecule has 0 aliphatic carbocycles. The van der Waals surface area contributed by atoms with Crippen molar-refractivity contribution in [2.24, 2.45) is 4.99 Å². The number of pyridine rings is 1. The third-order valence-corrected chi connectivity index (χ3v) is 3.20. The van der Waals surface area contributed by atoms with E-state index in [0.29, 0.717) is 11.4 Å². The van der Waals surface area contributed by atoms with Gasteiger partial charge in [0, 0.05) is 11.9 Å². The Balaban J connectivity index is 1.83. The maximum absolute atomic E-state index is 12.8. The lowest BCUT2D eigenvalue weighted by molar-refractivity contribution is -0.0921. The van der Waals surface area contributed by atoms with E-state index in [2.05, 4.69) is 9.98 Å².